The first kappa shape index (κ1) is 30.1. The monoisotopic (exact) mass is 616 g/mol. The van der Waals surface area contributed by atoms with Crippen LogP contribution in [0.5, 0.6) is 28.7 Å². The molecule has 4 heterocycles. The fourth-order valence-corrected chi connectivity index (χ4v) is 5.71. The lowest BCUT2D eigenvalue weighted by molar-refractivity contribution is -0.131. The molecule has 3 aromatic carbocycles. The van der Waals surface area contributed by atoms with Gasteiger partial charge in [0.25, 0.3) is 11.8 Å². The number of para-hydroxylation sites is 1. The summed E-state index contributed by atoms with van der Waals surface area (Å²) in [5.74, 6) is 1.79. The highest BCUT2D eigenvalue weighted by Crippen LogP contribution is 2.29. The van der Waals surface area contributed by atoms with Gasteiger partial charge >= 0.3 is 0 Å². The Hall–Kier alpha value is -4.97. The van der Waals surface area contributed by atoms with E-state index >= 15 is 0 Å². The summed E-state index contributed by atoms with van der Waals surface area (Å²) in [7, 11) is 3.03. The van der Waals surface area contributed by atoms with Gasteiger partial charge in [0.15, 0.2) is 6.61 Å². The van der Waals surface area contributed by atoms with Crippen molar-refractivity contribution < 1.29 is 38.1 Å². The Morgan fingerprint density at radius 2 is 1.82 bits per heavy atom. The van der Waals surface area contributed by atoms with E-state index in [4.69, 9.17) is 23.7 Å². The Morgan fingerprint density at radius 3 is 2.67 bits per heavy atom. The van der Waals surface area contributed by atoms with E-state index in [1.165, 1.54) is 7.11 Å². The smallest absolute Gasteiger partial charge is 0.258 e. The normalized spacial score (nSPS) is 20.2. The minimum atomic E-state index is -0.543. The number of nitrogens with one attached hydrogen (secondary N) is 2. The molecule has 12 heteroatoms. The van der Waals surface area contributed by atoms with Crippen molar-refractivity contribution in [2.75, 3.05) is 53.6 Å². The van der Waals surface area contributed by atoms with Gasteiger partial charge in [-0.3, -0.25) is 19.3 Å². The van der Waals surface area contributed by atoms with Crippen LogP contribution in [0.25, 0.3) is 0 Å². The van der Waals surface area contributed by atoms with E-state index < -0.39 is 18.1 Å². The van der Waals surface area contributed by atoms with Gasteiger partial charge in [-0.25, -0.2) is 0 Å². The van der Waals surface area contributed by atoms with Crippen molar-refractivity contribution in [1.82, 2.24) is 20.4 Å². The standard InChI is InChI=1S/C33H36N4O8/c1-41-25-11-23-12-26(13-25)44-20-31(38)34-15-21-7-8-24(14-29(21)42-2)45-30-18-37(17-27(30)35-33(23)40)32(39)19-36-9-10-43-28-6-4-3-5-22(28)16-36/h3-8,11-14,27,30H,9-10,15-20H2,1-2H3,(H,34,38)(H,35,40)/t27-,30-/m0/s1. The van der Waals surface area contributed by atoms with Gasteiger partial charge in [0.2, 0.25) is 5.91 Å². The molecule has 12 nitrogen and oxygen atoms in total. The van der Waals surface area contributed by atoms with Gasteiger partial charge in [0.1, 0.15) is 41.5 Å². The SMILES string of the molecule is COc1cc2cc(c1)C(=O)N[C@H]1CN(C(=O)CN3CCOc4ccccc4C3)C[C@@H]1Oc1ccc(c(OC)c1)CNC(=O)CO2. The van der Waals surface area contributed by atoms with E-state index in [2.05, 4.69) is 15.5 Å². The lowest BCUT2D eigenvalue weighted by atomic mass is 10.1. The second kappa shape index (κ2) is 13.3. The molecule has 2 N–H and O–H groups in total. The van der Waals surface area contributed by atoms with Crippen LogP contribution in [0, 0.1) is 0 Å². The minimum Gasteiger partial charge on any atom is -0.497 e. The zero-order valence-corrected chi connectivity index (χ0v) is 25.2. The second-order valence-electron chi connectivity index (χ2n) is 11.1. The molecule has 236 valence electrons. The van der Waals surface area contributed by atoms with Crippen LogP contribution in [-0.2, 0) is 22.7 Å². The summed E-state index contributed by atoms with van der Waals surface area (Å²) in [4.78, 5) is 43.5. The van der Waals surface area contributed by atoms with Crippen molar-refractivity contribution in [3.05, 3.63) is 77.4 Å². The Balaban J connectivity index is 1.25. The maximum absolute atomic E-state index is 13.6. The number of ether oxygens (including phenoxy) is 5. The number of likely N-dealkylation sites (tertiary alicyclic amines) is 1. The van der Waals surface area contributed by atoms with E-state index in [0.29, 0.717) is 42.7 Å². The highest BCUT2D eigenvalue weighted by atomic mass is 16.5. The van der Waals surface area contributed by atoms with Gasteiger partial charge in [-0.15, -0.1) is 0 Å². The molecular weight excluding hydrogens is 580 g/mol. The molecule has 0 unspecified atom stereocenters. The van der Waals surface area contributed by atoms with E-state index in [0.717, 1.165) is 16.9 Å². The van der Waals surface area contributed by atoms with Crippen molar-refractivity contribution in [2.45, 2.75) is 25.2 Å². The fourth-order valence-electron chi connectivity index (χ4n) is 5.71. The van der Waals surface area contributed by atoms with E-state index in [-0.39, 0.29) is 50.2 Å². The molecule has 4 aliphatic rings. The number of nitrogens with zero attached hydrogens (tertiary/aromatic N) is 2. The quantitative estimate of drug-likeness (QED) is 0.453. The number of methoxy groups -OCH3 is 2. The molecule has 0 aliphatic carbocycles. The molecule has 3 amide bonds. The molecule has 0 aromatic heterocycles. The molecule has 2 atom stereocenters. The van der Waals surface area contributed by atoms with Gasteiger partial charge < -0.3 is 39.2 Å². The number of benzene rings is 3. The third-order valence-corrected chi connectivity index (χ3v) is 8.10. The third-order valence-electron chi connectivity index (χ3n) is 8.10. The molecular formula is C33H36N4O8. The Kier molecular flexibility index (Phi) is 8.92. The van der Waals surface area contributed by atoms with Crippen LogP contribution in [0.2, 0.25) is 0 Å². The zero-order chi connectivity index (χ0) is 31.3. The van der Waals surface area contributed by atoms with E-state index in [1.807, 2.05) is 30.3 Å². The lowest BCUT2D eigenvalue weighted by Gasteiger charge is -2.23. The van der Waals surface area contributed by atoms with Crippen LogP contribution in [0.1, 0.15) is 21.5 Å². The van der Waals surface area contributed by atoms with Crippen LogP contribution < -0.4 is 34.3 Å². The van der Waals surface area contributed by atoms with Gasteiger partial charge in [0.05, 0.1) is 33.4 Å². The van der Waals surface area contributed by atoms with Crippen LogP contribution >= 0.6 is 0 Å². The van der Waals surface area contributed by atoms with Crippen LogP contribution in [0.3, 0.4) is 0 Å². The number of rotatable bonds is 4. The number of hydrogen-bond acceptors (Lipinski definition) is 9. The van der Waals surface area contributed by atoms with Crippen molar-refractivity contribution in [3.8, 4) is 28.7 Å². The lowest BCUT2D eigenvalue weighted by Crippen LogP contribution is -2.45. The molecule has 4 bridgehead atoms. The third kappa shape index (κ3) is 7.07. The number of amides is 3. The molecule has 1 fully saturated rings. The van der Waals surface area contributed by atoms with Gasteiger partial charge in [0, 0.05) is 55.0 Å². The highest BCUT2D eigenvalue weighted by molar-refractivity contribution is 5.95. The van der Waals surface area contributed by atoms with Crippen LogP contribution in [0.4, 0.5) is 0 Å². The van der Waals surface area contributed by atoms with Crippen molar-refractivity contribution in [2.24, 2.45) is 0 Å². The molecule has 0 saturated carbocycles. The van der Waals surface area contributed by atoms with E-state index in [1.54, 1.807) is 42.3 Å². The largest absolute Gasteiger partial charge is 0.497 e. The first-order chi connectivity index (χ1) is 21.9. The molecule has 7 rings (SSSR count). The minimum absolute atomic E-state index is 0.0670. The average molecular weight is 617 g/mol. The summed E-state index contributed by atoms with van der Waals surface area (Å²) in [6, 6.07) is 17.4. The predicted molar refractivity (Wildman–Crippen MR) is 163 cm³/mol. The van der Waals surface area contributed by atoms with Crippen molar-refractivity contribution in [3.63, 3.8) is 0 Å². The average Bonchev–Trinajstić information content (AvgIpc) is 3.32. The zero-order valence-electron chi connectivity index (χ0n) is 25.2. The first-order valence-corrected chi connectivity index (χ1v) is 14.8. The summed E-state index contributed by atoms with van der Waals surface area (Å²) in [6.45, 7) is 2.40. The molecule has 0 spiro atoms. The fraction of sp³-hybridized carbons (Fsp3) is 0.364. The maximum Gasteiger partial charge on any atom is 0.258 e. The van der Waals surface area contributed by atoms with Crippen molar-refractivity contribution >= 4 is 17.7 Å². The summed E-state index contributed by atoms with van der Waals surface area (Å²) in [5, 5.41) is 5.88. The Labute approximate surface area is 261 Å². The topological polar surface area (TPSA) is 128 Å². The van der Waals surface area contributed by atoms with Crippen LogP contribution in [-0.4, -0.2) is 93.3 Å². The number of fused-ring (bicyclic) bond motifs is 8. The predicted octanol–water partition coefficient (Wildman–Crippen LogP) is 2.00. The van der Waals surface area contributed by atoms with Crippen LogP contribution in [0.15, 0.2) is 60.7 Å². The second-order valence-corrected chi connectivity index (χ2v) is 11.1. The highest BCUT2D eigenvalue weighted by Gasteiger charge is 2.39. The van der Waals surface area contributed by atoms with E-state index in [9.17, 15) is 14.4 Å². The molecule has 4 aliphatic heterocycles. The summed E-state index contributed by atoms with van der Waals surface area (Å²) >= 11 is 0. The maximum atomic E-state index is 13.6. The van der Waals surface area contributed by atoms with Gasteiger partial charge in [-0.1, -0.05) is 18.2 Å². The summed E-state index contributed by atoms with van der Waals surface area (Å²) in [5.41, 5.74) is 2.07. The van der Waals surface area contributed by atoms with Crippen molar-refractivity contribution in [1.29, 1.82) is 0 Å². The molecule has 45 heavy (non-hydrogen) atoms. The summed E-state index contributed by atoms with van der Waals surface area (Å²) in [6.07, 6.45) is -0.543. The summed E-state index contributed by atoms with van der Waals surface area (Å²) < 4.78 is 28.9. The number of hydrogen-bond donors (Lipinski definition) is 2. The van der Waals surface area contributed by atoms with Gasteiger partial charge in [-0.05, 0) is 30.3 Å². The number of carbonyl (C=O) groups excluding carboxylic acids is 3. The molecule has 1 saturated heterocycles. The van der Waals surface area contributed by atoms with Gasteiger partial charge in [-0.2, -0.15) is 0 Å². The first-order valence-electron chi connectivity index (χ1n) is 14.8. The number of carbonyl (C=O) groups is 3. The Bertz CT molecular complexity index is 1580. The Morgan fingerprint density at radius 1 is 0.956 bits per heavy atom. The molecule has 3 aromatic rings. The molecule has 0 radical (unpaired) electrons.